The lowest BCUT2D eigenvalue weighted by molar-refractivity contribution is 0.242. The molecule has 0 aliphatic rings. The molecule has 1 aromatic heterocycles. The minimum absolute atomic E-state index is 0.156. The van der Waals surface area contributed by atoms with Crippen molar-refractivity contribution in [1.82, 2.24) is 14.9 Å². The standard InChI is InChI=1S/C18H25N3O/c1-5-10-19-11-9-18-20-16-13-15(22-14(3)4)7-8-17(16)21(18)12-6-2/h2,7-8,13-14,19H,5,9-12H2,1,3-4H3. The number of imidazole rings is 1. The van der Waals surface area contributed by atoms with Crippen molar-refractivity contribution in [2.75, 3.05) is 13.1 Å². The average molecular weight is 299 g/mol. The van der Waals surface area contributed by atoms with Crippen molar-refractivity contribution in [3.05, 3.63) is 24.0 Å². The normalized spacial score (nSPS) is 11.0. The van der Waals surface area contributed by atoms with E-state index in [-0.39, 0.29) is 6.10 Å². The van der Waals surface area contributed by atoms with Crippen molar-refractivity contribution >= 4 is 11.0 Å². The van der Waals surface area contributed by atoms with Gasteiger partial charge >= 0.3 is 0 Å². The molecule has 4 nitrogen and oxygen atoms in total. The van der Waals surface area contributed by atoms with E-state index >= 15 is 0 Å². The summed E-state index contributed by atoms with van der Waals surface area (Å²) < 4.78 is 7.86. The van der Waals surface area contributed by atoms with Crippen LogP contribution in [-0.4, -0.2) is 28.7 Å². The maximum atomic E-state index is 5.74. The summed E-state index contributed by atoms with van der Waals surface area (Å²) in [6.45, 7) is 8.69. The van der Waals surface area contributed by atoms with Crippen molar-refractivity contribution in [3.63, 3.8) is 0 Å². The van der Waals surface area contributed by atoms with E-state index in [1.807, 2.05) is 32.0 Å². The van der Waals surface area contributed by atoms with Crippen LogP contribution in [0.15, 0.2) is 18.2 Å². The van der Waals surface area contributed by atoms with E-state index in [0.717, 1.165) is 48.5 Å². The summed E-state index contributed by atoms with van der Waals surface area (Å²) in [7, 11) is 0. The van der Waals surface area contributed by atoms with Gasteiger partial charge in [0, 0.05) is 19.0 Å². The number of hydrogen-bond donors (Lipinski definition) is 1. The van der Waals surface area contributed by atoms with E-state index in [1.165, 1.54) is 0 Å². The predicted molar refractivity (Wildman–Crippen MR) is 91.2 cm³/mol. The van der Waals surface area contributed by atoms with Gasteiger partial charge in [-0.25, -0.2) is 4.98 Å². The molecular formula is C18H25N3O. The second-order valence-corrected chi connectivity index (χ2v) is 5.64. The largest absolute Gasteiger partial charge is 0.491 e. The van der Waals surface area contributed by atoms with Crippen LogP contribution in [0.1, 0.15) is 33.0 Å². The fourth-order valence-corrected chi connectivity index (χ4v) is 2.47. The zero-order valence-corrected chi connectivity index (χ0v) is 13.7. The minimum atomic E-state index is 0.156. The number of fused-ring (bicyclic) bond motifs is 1. The van der Waals surface area contributed by atoms with Gasteiger partial charge in [0.25, 0.3) is 0 Å². The van der Waals surface area contributed by atoms with Crippen LogP contribution < -0.4 is 10.1 Å². The molecule has 2 aromatic rings. The second kappa shape index (κ2) is 7.86. The van der Waals surface area contributed by atoms with E-state index in [9.17, 15) is 0 Å². The van der Waals surface area contributed by atoms with Gasteiger partial charge in [0.2, 0.25) is 0 Å². The maximum Gasteiger partial charge on any atom is 0.121 e. The molecule has 0 saturated carbocycles. The Balaban J connectivity index is 2.26. The molecule has 0 aliphatic heterocycles. The molecule has 0 fully saturated rings. The van der Waals surface area contributed by atoms with Crippen LogP contribution in [0.25, 0.3) is 11.0 Å². The molecule has 0 atom stereocenters. The molecule has 4 heteroatoms. The Morgan fingerprint density at radius 2 is 2.18 bits per heavy atom. The molecule has 1 heterocycles. The quantitative estimate of drug-likeness (QED) is 0.601. The summed E-state index contributed by atoms with van der Waals surface area (Å²) in [6.07, 6.45) is 7.68. The van der Waals surface area contributed by atoms with Crippen molar-refractivity contribution in [2.24, 2.45) is 0 Å². The molecule has 0 unspecified atom stereocenters. The van der Waals surface area contributed by atoms with Crippen LogP contribution in [0.4, 0.5) is 0 Å². The number of nitrogens with zero attached hydrogens (tertiary/aromatic N) is 2. The maximum absolute atomic E-state index is 5.74. The lowest BCUT2D eigenvalue weighted by atomic mass is 10.3. The number of ether oxygens (including phenoxy) is 1. The molecular weight excluding hydrogens is 274 g/mol. The lowest BCUT2D eigenvalue weighted by Gasteiger charge is -2.09. The van der Waals surface area contributed by atoms with Gasteiger partial charge in [0.1, 0.15) is 11.6 Å². The van der Waals surface area contributed by atoms with Crippen molar-refractivity contribution in [3.8, 4) is 18.1 Å². The second-order valence-electron chi connectivity index (χ2n) is 5.64. The minimum Gasteiger partial charge on any atom is -0.491 e. The monoisotopic (exact) mass is 299 g/mol. The summed E-state index contributed by atoms with van der Waals surface area (Å²) in [5.41, 5.74) is 2.01. The summed E-state index contributed by atoms with van der Waals surface area (Å²) in [5, 5.41) is 3.41. The first-order valence-corrected chi connectivity index (χ1v) is 7.95. The highest BCUT2D eigenvalue weighted by atomic mass is 16.5. The van der Waals surface area contributed by atoms with Gasteiger partial charge in [-0.3, -0.25) is 0 Å². The van der Waals surface area contributed by atoms with Crippen LogP contribution in [-0.2, 0) is 13.0 Å². The van der Waals surface area contributed by atoms with Gasteiger partial charge in [-0.2, -0.15) is 0 Å². The summed E-state index contributed by atoms with van der Waals surface area (Å²) in [6, 6.07) is 6.02. The average Bonchev–Trinajstić information content (AvgIpc) is 2.81. The molecule has 22 heavy (non-hydrogen) atoms. The highest BCUT2D eigenvalue weighted by molar-refractivity contribution is 5.78. The molecule has 0 spiro atoms. The third-order valence-corrected chi connectivity index (χ3v) is 3.37. The van der Waals surface area contributed by atoms with Gasteiger partial charge in [0.15, 0.2) is 0 Å². The fourth-order valence-electron chi connectivity index (χ4n) is 2.47. The molecule has 1 N–H and O–H groups in total. The van der Waals surface area contributed by atoms with Crippen molar-refractivity contribution < 1.29 is 4.74 Å². The van der Waals surface area contributed by atoms with Gasteiger partial charge in [0.05, 0.1) is 23.7 Å². The summed E-state index contributed by atoms with van der Waals surface area (Å²) >= 11 is 0. The number of aromatic nitrogens is 2. The van der Waals surface area contributed by atoms with Crippen LogP contribution in [0.3, 0.4) is 0 Å². The molecule has 0 bridgehead atoms. The number of hydrogen-bond acceptors (Lipinski definition) is 3. The van der Waals surface area contributed by atoms with E-state index < -0.39 is 0 Å². The Bertz CT molecular complexity index is 652. The smallest absolute Gasteiger partial charge is 0.121 e. The summed E-state index contributed by atoms with van der Waals surface area (Å²) in [5.74, 6) is 4.60. The molecule has 0 radical (unpaired) electrons. The molecule has 1 aromatic carbocycles. The van der Waals surface area contributed by atoms with Gasteiger partial charge in [-0.1, -0.05) is 12.8 Å². The predicted octanol–water partition coefficient (Wildman–Crippen LogP) is 3.00. The highest BCUT2D eigenvalue weighted by Crippen LogP contribution is 2.23. The Labute approximate surface area is 132 Å². The van der Waals surface area contributed by atoms with Gasteiger partial charge < -0.3 is 14.6 Å². The van der Waals surface area contributed by atoms with Crippen molar-refractivity contribution in [1.29, 1.82) is 0 Å². The van der Waals surface area contributed by atoms with E-state index in [0.29, 0.717) is 6.54 Å². The highest BCUT2D eigenvalue weighted by Gasteiger charge is 2.11. The van der Waals surface area contributed by atoms with E-state index in [4.69, 9.17) is 16.1 Å². The summed E-state index contributed by atoms with van der Waals surface area (Å²) in [4.78, 5) is 4.74. The number of rotatable bonds is 8. The molecule has 0 aliphatic carbocycles. The zero-order valence-electron chi connectivity index (χ0n) is 13.7. The fraction of sp³-hybridized carbons (Fsp3) is 0.500. The number of terminal acetylenes is 1. The number of benzene rings is 1. The van der Waals surface area contributed by atoms with E-state index in [2.05, 4.69) is 22.7 Å². The molecule has 2 rings (SSSR count). The first-order valence-electron chi connectivity index (χ1n) is 7.95. The van der Waals surface area contributed by atoms with Gasteiger partial charge in [-0.05, 0) is 38.9 Å². The Morgan fingerprint density at radius 3 is 2.86 bits per heavy atom. The lowest BCUT2D eigenvalue weighted by Crippen LogP contribution is -2.19. The zero-order chi connectivity index (χ0) is 15.9. The number of nitrogens with one attached hydrogen (secondary N) is 1. The third kappa shape index (κ3) is 4.02. The van der Waals surface area contributed by atoms with Crippen molar-refractivity contribution in [2.45, 2.75) is 46.3 Å². The first-order chi connectivity index (χ1) is 10.7. The van der Waals surface area contributed by atoms with Crippen LogP contribution in [0.2, 0.25) is 0 Å². The van der Waals surface area contributed by atoms with E-state index in [1.54, 1.807) is 0 Å². The van der Waals surface area contributed by atoms with Crippen LogP contribution in [0.5, 0.6) is 5.75 Å². The third-order valence-electron chi connectivity index (χ3n) is 3.37. The van der Waals surface area contributed by atoms with Crippen LogP contribution in [0, 0.1) is 12.3 Å². The van der Waals surface area contributed by atoms with Crippen LogP contribution >= 0.6 is 0 Å². The Morgan fingerprint density at radius 1 is 1.36 bits per heavy atom. The first kappa shape index (κ1) is 16.4. The molecule has 0 saturated heterocycles. The van der Waals surface area contributed by atoms with Gasteiger partial charge in [-0.15, -0.1) is 6.42 Å². The Hall–Kier alpha value is -1.99. The Kier molecular flexibility index (Phi) is 5.85. The SMILES string of the molecule is C#CCn1c(CCNCCC)nc2cc(OC(C)C)ccc21. The molecule has 0 amide bonds. The molecule has 118 valence electrons. The topological polar surface area (TPSA) is 39.1 Å².